The van der Waals surface area contributed by atoms with Crippen LogP contribution in [0.15, 0.2) is 67.0 Å². The summed E-state index contributed by atoms with van der Waals surface area (Å²) in [6, 6.07) is 20.0. The minimum Gasteiger partial charge on any atom is -0.378 e. The van der Waals surface area contributed by atoms with E-state index in [9.17, 15) is 4.79 Å². The number of amides is 1. The molecule has 3 aromatic rings. The molecule has 0 aliphatic carbocycles. The summed E-state index contributed by atoms with van der Waals surface area (Å²) >= 11 is 0. The Hall–Kier alpha value is -3.25. The second-order valence-electron chi connectivity index (χ2n) is 7.84. The van der Waals surface area contributed by atoms with Gasteiger partial charge in [-0.3, -0.25) is 4.79 Å². The number of carbonyl (C=O) groups excluding carboxylic acids is 1. The van der Waals surface area contributed by atoms with Crippen LogP contribution in [0.1, 0.15) is 29.3 Å². The molecule has 6 nitrogen and oxygen atoms in total. The topological polar surface area (TPSA) is 67.4 Å². The van der Waals surface area contributed by atoms with Crippen molar-refractivity contribution in [3.8, 4) is 11.3 Å². The monoisotopic (exact) mass is 416 g/mol. The third-order valence-corrected chi connectivity index (χ3v) is 5.52. The molecular weight excluding hydrogens is 388 g/mol. The van der Waals surface area contributed by atoms with E-state index in [1.54, 1.807) is 6.33 Å². The second kappa shape index (κ2) is 10.2. The van der Waals surface area contributed by atoms with Crippen molar-refractivity contribution in [2.45, 2.75) is 25.8 Å². The highest BCUT2D eigenvalue weighted by atomic mass is 16.5. The van der Waals surface area contributed by atoms with Crippen LogP contribution in [0.2, 0.25) is 0 Å². The molecule has 0 radical (unpaired) electrons. The molecule has 0 bridgehead atoms. The van der Waals surface area contributed by atoms with Crippen molar-refractivity contribution in [1.82, 2.24) is 15.3 Å². The van der Waals surface area contributed by atoms with Gasteiger partial charge in [0, 0.05) is 36.3 Å². The molecule has 31 heavy (non-hydrogen) atoms. The Morgan fingerprint density at radius 1 is 1.06 bits per heavy atom. The fourth-order valence-corrected chi connectivity index (χ4v) is 3.67. The van der Waals surface area contributed by atoms with Gasteiger partial charge in [-0.15, -0.1) is 0 Å². The van der Waals surface area contributed by atoms with Crippen LogP contribution in [-0.2, 0) is 11.2 Å². The van der Waals surface area contributed by atoms with Crippen molar-refractivity contribution in [2.75, 3.05) is 31.2 Å². The molecule has 1 aliphatic rings. The van der Waals surface area contributed by atoms with Gasteiger partial charge in [-0.2, -0.15) is 0 Å². The summed E-state index contributed by atoms with van der Waals surface area (Å²) in [5.41, 5.74) is 3.75. The molecule has 1 saturated heterocycles. The summed E-state index contributed by atoms with van der Waals surface area (Å²) in [7, 11) is 0. The predicted octanol–water partition coefficient (Wildman–Crippen LogP) is 3.73. The Balaban J connectivity index is 1.36. The normalized spacial score (nSPS) is 14.8. The highest BCUT2D eigenvalue weighted by Crippen LogP contribution is 2.22. The zero-order valence-corrected chi connectivity index (χ0v) is 17.8. The van der Waals surface area contributed by atoms with Gasteiger partial charge >= 0.3 is 0 Å². The number of hydrogen-bond donors (Lipinski definition) is 1. The summed E-state index contributed by atoms with van der Waals surface area (Å²) in [5.74, 6) is 0.853. The summed E-state index contributed by atoms with van der Waals surface area (Å²) in [6.07, 6.45) is 3.44. The third-order valence-electron chi connectivity index (χ3n) is 5.52. The van der Waals surface area contributed by atoms with Crippen molar-refractivity contribution in [3.05, 3.63) is 78.1 Å². The van der Waals surface area contributed by atoms with Crippen molar-refractivity contribution in [2.24, 2.45) is 0 Å². The van der Waals surface area contributed by atoms with E-state index in [4.69, 9.17) is 4.74 Å². The Morgan fingerprint density at radius 3 is 2.55 bits per heavy atom. The lowest BCUT2D eigenvalue weighted by Gasteiger charge is -2.27. The minimum atomic E-state index is -0.0520. The van der Waals surface area contributed by atoms with Crippen molar-refractivity contribution < 1.29 is 9.53 Å². The van der Waals surface area contributed by atoms with Crippen molar-refractivity contribution >= 4 is 11.7 Å². The summed E-state index contributed by atoms with van der Waals surface area (Å²) in [6.45, 7) is 5.14. The van der Waals surface area contributed by atoms with Crippen LogP contribution in [0, 0.1) is 0 Å². The van der Waals surface area contributed by atoms with E-state index in [1.165, 1.54) is 5.56 Å². The molecule has 2 heterocycles. The van der Waals surface area contributed by atoms with E-state index < -0.39 is 0 Å². The Kier molecular flexibility index (Phi) is 6.89. The lowest BCUT2D eigenvalue weighted by molar-refractivity contribution is 0.0938. The first-order valence-electron chi connectivity index (χ1n) is 10.8. The van der Waals surface area contributed by atoms with Crippen LogP contribution in [0.25, 0.3) is 11.3 Å². The molecule has 2 aromatic carbocycles. The molecule has 4 rings (SSSR count). The SMILES string of the molecule is C[C@@H](CCc1ccccc1)NC(=O)c1ccc(-c2cc(N3CCOCC3)ncn2)cc1. The smallest absolute Gasteiger partial charge is 0.251 e. The minimum absolute atomic E-state index is 0.0520. The van der Waals surface area contributed by atoms with Gasteiger partial charge in [-0.25, -0.2) is 9.97 Å². The largest absolute Gasteiger partial charge is 0.378 e. The molecule has 1 aliphatic heterocycles. The number of benzene rings is 2. The number of morpholine rings is 1. The van der Waals surface area contributed by atoms with Gasteiger partial charge in [0.1, 0.15) is 12.1 Å². The fourth-order valence-electron chi connectivity index (χ4n) is 3.67. The number of aromatic nitrogens is 2. The zero-order chi connectivity index (χ0) is 21.5. The van der Waals surface area contributed by atoms with E-state index >= 15 is 0 Å². The number of ether oxygens (including phenoxy) is 1. The van der Waals surface area contributed by atoms with Gasteiger partial charge in [0.2, 0.25) is 0 Å². The van der Waals surface area contributed by atoms with E-state index in [0.29, 0.717) is 18.8 Å². The molecule has 0 saturated carbocycles. The number of nitrogens with zero attached hydrogens (tertiary/aromatic N) is 3. The maximum atomic E-state index is 12.6. The first kappa shape index (κ1) is 21.0. The van der Waals surface area contributed by atoms with Gasteiger partial charge in [0.25, 0.3) is 5.91 Å². The van der Waals surface area contributed by atoms with Gasteiger partial charge in [-0.1, -0.05) is 42.5 Å². The quantitative estimate of drug-likeness (QED) is 0.636. The first-order chi connectivity index (χ1) is 15.2. The third kappa shape index (κ3) is 5.67. The first-order valence-corrected chi connectivity index (χ1v) is 10.8. The number of aryl methyl sites for hydroxylation is 1. The van der Waals surface area contributed by atoms with Crippen LogP contribution in [0.3, 0.4) is 0 Å². The molecule has 1 fully saturated rings. The molecule has 1 N–H and O–H groups in total. The Bertz CT molecular complexity index is 986. The number of anilines is 1. The Labute approximate surface area is 183 Å². The summed E-state index contributed by atoms with van der Waals surface area (Å²) < 4.78 is 5.41. The Morgan fingerprint density at radius 2 is 1.81 bits per heavy atom. The molecule has 6 heteroatoms. The number of hydrogen-bond acceptors (Lipinski definition) is 5. The molecule has 160 valence electrons. The van der Waals surface area contributed by atoms with E-state index in [0.717, 1.165) is 43.0 Å². The highest BCUT2D eigenvalue weighted by Gasteiger charge is 2.14. The second-order valence-corrected chi connectivity index (χ2v) is 7.84. The molecule has 1 atom stereocenters. The van der Waals surface area contributed by atoms with Gasteiger partial charge in [0.15, 0.2) is 0 Å². The molecular formula is C25H28N4O2. The summed E-state index contributed by atoms with van der Waals surface area (Å²) in [4.78, 5) is 23.6. The van der Waals surface area contributed by atoms with Gasteiger partial charge in [-0.05, 0) is 37.5 Å². The van der Waals surface area contributed by atoms with Crippen LogP contribution in [0.4, 0.5) is 5.82 Å². The maximum Gasteiger partial charge on any atom is 0.251 e. The molecule has 1 aromatic heterocycles. The van der Waals surface area contributed by atoms with Crippen LogP contribution >= 0.6 is 0 Å². The standard InChI is InChI=1S/C25H28N4O2/c1-19(7-8-20-5-3-2-4-6-20)28-25(30)22-11-9-21(10-12-22)23-17-24(27-18-26-23)29-13-15-31-16-14-29/h2-6,9-12,17-19H,7-8,13-16H2,1H3,(H,28,30)/t19-/m0/s1. The van der Waals surface area contributed by atoms with E-state index in [1.807, 2.05) is 55.5 Å². The fraction of sp³-hybridized carbons (Fsp3) is 0.320. The van der Waals surface area contributed by atoms with Gasteiger partial charge < -0.3 is 15.0 Å². The number of nitrogens with one attached hydrogen (secondary N) is 1. The van der Waals surface area contributed by atoms with Crippen molar-refractivity contribution in [3.63, 3.8) is 0 Å². The maximum absolute atomic E-state index is 12.6. The van der Waals surface area contributed by atoms with Crippen LogP contribution < -0.4 is 10.2 Å². The average Bonchev–Trinajstić information content (AvgIpc) is 2.84. The average molecular weight is 417 g/mol. The van der Waals surface area contributed by atoms with E-state index in [2.05, 4.69) is 32.3 Å². The molecule has 0 unspecified atom stereocenters. The highest BCUT2D eigenvalue weighted by molar-refractivity contribution is 5.94. The van der Waals surface area contributed by atoms with E-state index in [-0.39, 0.29) is 11.9 Å². The molecule has 0 spiro atoms. The zero-order valence-electron chi connectivity index (χ0n) is 17.8. The number of rotatable bonds is 7. The predicted molar refractivity (Wildman–Crippen MR) is 122 cm³/mol. The lowest BCUT2D eigenvalue weighted by Crippen LogP contribution is -2.36. The lowest BCUT2D eigenvalue weighted by atomic mass is 10.1. The van der Waals surface area contributed by atoms with Gasteiger partial charge in [0.05, 0.1) is 18.9 Å². The van der Waals surface area contributed by atoms with Crippen molar-refractivity contribution in [1.29, 1.82) is 0 Å². The van der Waals surface area contributed by atoms with Crippen LogP contribution in [0.5, 0.6) is 0 Å². The number of carbonyl (C=O) groups is 1. The van der Waals surface area contributed by atoms with Crippen LogP contribution in [-0.4, -0.2) is 48.2 Å². The molecule has 1 amide bonds. The summed E-state index contributed by atoms with van der Waals surface area (Å²) in [5, 5.41) is 3.09.